The van der Waals surface area contributed by atoms with Crippen molar-refractivity contribution in [3.63, 3.8) is 0 Å². The Morgan fingerprint density at radius 3 is 2.86 bits per heavy atom. The van der Waals surface area contributed by atoms with Crippen LogP contribution >= 0.6 is 0 Å². The molecule has 28 heavy (non-hydrogen) atoms. The van der Waals surface area contributed by atoms with Crippen LogP contribution in [0.25, 0.3) is 0 Å². The number of oxazole rings is 1. The third-order valence-electron chi connectivity index (χ3n) is 5.99. The number of benzene rings is 1. The Morgan fingerprint density at radius 1 is 1.25 bits per heavy atom. The molecule has 3 heterocycles. The summed E-state index contributed by atoms with van der Waals surface area (Å²) >= 11 is 0. The van der Waals surface area contributed by atoms with E-state index in [-0.39, 0.29) is 17.7 Å². The van der Waals surface area contributed by atoms with E-state index in [0.717, 1.165) is 56.6 Å². The first-order valence-electron chi connectivity index (χ1n) is 10.2. The number of nitrogens with zero attached hydrogens (tertiary/aromatic N) is 3. The van der Waals surface area contributed by atoms with E-state index in [1.807, 2.05) is 11.0 Å². The Labute approximate surface area is 165 Å². The molecule has 1 atom stereocenters. The second-order valence-corrected chi connectivity index (χ2v) is 8.17. The van der Waals surface area contributed by atoms with Gasteiger partial charge in [-0.3, -0.25) is 4.79 Å². The molecule has 5 nitrogen and oxygen atoms in total. The van der Waals surface area contributed by atoms with Gasteiger partial charge in [-0.15, -0.1) is 0 Å². The Morgan fingerprint density at radius 2 is 2.07 bits per heavy atom. The predicted molar refractivity (Wildman–Crippen MR) is 104 cm³/mol. The standard InChI is InChI=1S/C22H28FN3O2/c1-25-10-7-17(8-11-25)22(27)26-9-3-5-18(15-26)21-24-14-20(28-21)13-16-4-2-6-19(23)12-16/h2,4,6,12,14,17-18H,3,5,7-11,13,15H2,1H3. The van der Waals surface area contributed by atoms with Crippen molar-refractivity contribution in [2.45, 2.75) is 38.0 Å². The van der Waals surface area contributed by atoms with Crippen LogP contribution in [0.4, 0.5) is 4.39 Å². The van der Waals surface area contributed by atoms with E-state index in [1.165, 1.54) is 12.1 Å². The maximum Gasteiger partial charge on any atom is 0.225 e. The van der Waals surface area contributed by atoms with Crippen molar-refractivity contribution in [2.75, 3.05) is 33.2 Å². The summed E-state index contributed by atoms with van der Waals surface area (Å²) in [7, 11) is 2.11. The second kappa shape index (κ2) is 8.43. The van der Waals surface area contributed by atoms with Crippen molar-refractivity contribution in [3.8, 4) is 0 Å². The fourth-order valence-electron chi connectivity index (χ4n) is 4.33. The zero-order chi connectivity index (χ0) is 19.5. The molecule has 2 aliphatic heterocycles. The summed E-state index contributed by atoms with van der Waals surface area (Å²) in [4.78, 5) is 21.7. The van der Waals surface area contributed by atoms with Gasteiger partial charge in [0.15, 0.2) is 5.89 Å². The van der Waals surface area contributed by atoms with Gasteiger partial charge in [0.05, 0.1) is 12.1 Å². The number of carbonyl (C=O) groups is 1. The largest absolute Gasteiger partial charge is 0.445 e. The van der Waals surface area contributed by atoms with Gasteiger partial charge in [-0.25, -0.2) is 9.37 Å². The van der Waals surface area contributed by atoms with Crippen LogP contribution in [0.5, 0.6) is 0 Å². The van der Waals surface area contributed by atoms with Crippen LogP contribution in [0.2, 0.25) is 0 Å². The monoisotopic (exact) mass is 385 g/mol. The van der Waals surface area contributed by atoms with E-state index in [1.54, 1.807) is 12.3 Å². The van der Waals surface area contributed by atoms with Gasteiger partial charge in [-0.05, 0) is 63.5 Å². The van der Waals surface area contributed by atoms with E-state index in [0.29, 0.717) is 24.8 Å². The van der Waals surface area contributed by atoms with Gasteiger partial charge in [-0.2, -0.15) is 0 Å². The molecule has 0 spiro atoms. The number of rotatable bonds is 4. The fourth-order valence-corrected chi connectivity index (χ4v) is 4.33. The van der Waals surface area contributed by atoms with E-state index in [2.05, 4.69) is 16.9 Å². The highest BCUT2D eigenvalue weighted by molar-refractivity contribution is 5.79. The highest BCUT2D eigenvalue weighted by atomic mass is 19.1. The normalized spacial score (nSPS) is 21.8. The molecule has 0 saturated carbocycles. The van der Waals surface area contributed by atoms with Crippen molar-refractivity contribution >= 4 is 5.91 Å². The molecule has 0 bridgehead atoms. The molecule has 1 unspecified atom stereocenters. The molecule has 2 aromatic rings. The maximum atomic E-state index is 13.4. The lowest BCUT2D eigenvalue weighted by molar-refractivity contribution is -0.138. The lowest BCUT2D eigenvalue weighted by Gasteiger charge is -2.36. The summed E-state index contributed by atoms with van der Waals surface area (Å²) in [5, 5.41) is 0. The van der Waals surface area contributed by atoms with Crippen molar-refractivity contribution in [3.05, 3.63) is 53.5 Å². The van der Waals surface area contributed by atoms with Gasteiger partial charge in [0.2, 0.25) is 5.91 Å². The molecule has 4 rings (SSSR count). The van der Waals surface area contributed by atoms with Gasteiger partial charge in [0.25, 0.3) is 0 Å². The van der Waals surface area contributed by atoms with Crippen LogP contribution in [0, 0.1) is 11.7 Å². The molecule has 0 radical (unpaired) electrons. The van der Waals surface area contributed by atoms with Crippen LogP contribution in [-0.2, 0) is 11.2 Å². The highest BCUT2D eigenvalue weighted by Gasteiger charge is 2.32. The number of aromatic nitrogens is 1. The zero-order valence-corrected chi connectivity index (χ0v) is 16.4. The average Bonchev–Trinajstić information content (AvgIpc) is 3.17. The van der Waals surface area contributed by atoms with Crippen LogP contribution in [0.3, 0.4) is 0 Å². The van der Waals surface area contributed by atoms with Crippen LogP contribution < -0.4 is 0 Å². The topological polar surface area (TPSA) is 49.6 Å². The first kappa shape index (κ1) is 19.1. The highest BCUT2D eigenvalue weighted by Crippen LogP contribution is 2.29. The smallest absolute Gasteiger partial charge is 0.225 e. The average molecular weight is 385 g/mol. The van der Waals surface area contributed by atoms with Crippen molar-refractivity contribution in [2.24, 2.45) is 5.92 Å². The Kier molecular flexibility index (Phi) is 5.76. The van der Waals surface area contributed by atoms with Gasteiger partial charge in [-0.1, -0.05) is 12.1 Å². The summed E-state index contributed by atoms with van der Waals surface area (Å²) < 4.78 is 19.3. The SMILES string of the molecule is CN1CCC(C(=O)N2CCCC(c3ncc(Cc4cccc(F)c4)o3)C2)CC1. The quantitative estimate of drug-likeness (QED) is 0.809. The molecule has 0 N–H and O–H groups in total. The summed E-state index contributed by atoms with van der Waals surface area (Å²) in [5.41, 5.74) is 0.866. The first-order chi connectivity index (χ1) is 13.6. The lowest BCUT2D eigenvalue weighted by Crippen LogP contribution is -2.45. The summed E-state index contributed by atoms with van der Waals surface area (Å²) in [6, 6.07) is 6.54. The molecule has 2 aliphatic rings. The summed E-state index contributed by atoms with van der Waals surface area (Å²) in [5.74, 6) is 1.79. The van der Waals surface area contributed by atoms with Crippen molar-refractivity contribution in [1.82, 2.24) is 14.8 Å². The van der Waals surface area contributed by atoms with E-state index in [4.69, 9.17) is 4.42 Å². The molecular weight excluding hydrogens is 357 g/mol. The van der Waals surface area contributed by atoms with E-state index in [9.17, 15) is 9.18 Å². The van der Waals surface area contributed by atoms with Crippen LogP contribution in [0.15, 0.2) is 34.9 Å². The molecule has 6 heteroatoms. The number of carbonyl (C=O) groups excluding carboxylic acids is 1. The van der Waals surface area contributed by atoms with Gasteiger partial charge >= 0.3 is 0 Å². The minimum atomic E-state index is -0.243. The summed E-state index contributed by atoms with van der Waals surface area (Å²) in [6.45, 7) is 3.51. The molecule has 150 valence electrons. The number of piperidine rings is 2. The Balaban J connectivity index is 1.38. The molecule has 2 saturated heterocycles. The van der Waals surface area contributed by atoms with Crippen molar-refractivity contribution < 1.29 is 13.6 Å². The molecule has 0 aliphatic carbocycles. The number of likely N-dealkylation sites (tertiary alicyclic amines) is 2. The Bertz CT molecular complexity index is 814. The van der Waals surface area contributed by atoms with E-state index >= 15 is 0 Å². The van der Waals surface area contributed by atoms with Gasteiger partial charge in [0.1, 0.15) is 11.6 Å². The number of hydrogen-bond acceptors (Lipinski definition) is 4. The van der Waals surface area contributed by atoms with Crippen LogP contribution in [-0.4, -0.2) is 53.9 Å². The van der Waals surface area contributed by atoms with Crippen molar-refractivity contribution in [1.29, 1.82) is 0 Å². The molecule has 1 amide bonds. The third-order valence-corrected chi connectivity index (χ3v) is 5.99. The number of halogens is 1. The second-order valence-electron chi connectivity index (χ2n) is 8.17. The predicted octanol–water partition coefficient (Wildman–Crippen LogP) is 3.45. The fraction of sp³-hybridized carbons (Fsp3) is 0.545. The van der Waals surface area contributed by atoms with Gasteiger partial charge in [0, 0.05) is 25.4 Å². The minimum Gasteiger partial charge on any atom is -0.445 e. The van der Waals surface area contributed by atoms with Gasteiger partial charge < -0.3 is 14.2 Å². The summed E-state index contributed by atoms with van der Waals surface area (Å²) in [6.07, 6.45) is 6.12. The van der Waals surface area contributed by atoms with Crippen LogP contribution in [0.1, 0.15) is 48.8 Å². The molecule has 1 aromatic heterocycles. The number of amides is 1. The first-order valence-corrected chi connectivity index (χ1v) is 10.2. The third kappa shape index (κ3) is 4.43. The Hall–Kier alpha value is -2.21. The zero-order valence-electron chi connectivity index (χ0n) is 16.4. The maximum absolute atomic E-state index is 13.4. The molecule has 1 aromatic carbocycles. The lowest BCUT2D eigenvalue weighted by atomic mass is 9.92. The molecular formula is C22H28FN3O2. The van der Waals surface area contributed by atoms with E-state index < -0.39 is 0 Å². The minimum absolute atomic E-state index is 0.144. The number of hydrogen-bond donors (Lipinski definition) is 0. The molecule has 2 fully saturated rings.